The lowest BCUT2D eigenvalue weighted by molar-refractivity contribution is -0.131. The predicted molar refractivity (Wildman–Crippen MR) is 102 cm³/mol. The van der Waals surface area contributed by atoms with Crippen LogP contribution in [0, 0.1) is 0 Å². The Morgan fingerprint density at radius 1 is 1.50 bits per heavy atom. The molecule has 1 N–H and O–H groups in total. The van der Waals surface area contributed by atoms with Crippen molar-refractivity contribution in [3.8, 4) is 5.75 Å². The van der Waals surface area contributed by atoms with E-state index in [1.54, 1.807) is 12.0 Å². The smallest absolute Gasteiger partial charge is 0.236 e. The number of aromatic amines is 1. The Labute approximate surface area is 157 Å². The number of carbonyl (C=O) groups is 1. The summed E-state index contributed by atoms with van der Waals surface area (Å²) in [6.45, 7) is 4.21. The van der Waals surface area contributed by atoms with E-state index < -0.39 is 9.84 Å². The van der Waals surface area contributed by atoms with Crippen LogP contribution in [0.2, 0.25) is 0 Å². The highest BCUT2D eigenvalue weighted by molar-refractivity contribution is 8.00. The molecule has 9 heteroatoms. The topological polar surface area (TPSA) is 92.4 Å². The van der Waals surface area contributed by atoms with Crippen molar-refractivity contribution < 1.29 is 17.9 Å². The summed E-state index contributed by atoms with van der Waals surface area (Å²) in [5, 5.41) is 0.296. The lowest BCUT2D eigenvalue weighted by Gasteiger charge is -2.29. The molecule has 3 rings (SSSR count). The first kappa shape index (κ1) is 19.0. The zero-order valence-electron chi connectivity index (χ0n) is 15.1. The number of hydrogen-bond acceptors (Lipinski definition) is 6. The molecule has 2 heterocycles. The third-order valence-corrected chi connectivity index (χ3v) is 7.30. The number of nitrogens with zero attached hydrogens (tertiary/aromatic N) is 2. The summed E-state index contributed by atoms with van der Waals surface area (Å²) >= 11 is 1.35. The van der Waals surface area contributed by atoms with E-state index in [1.807, 2.05) is 32.0 Å². The van der Waals surface area contributed by atoms with Gasteiger partial charge in [0.05, 0.1) is 34.9 Å². The van der Waals surface area contributed by atoms with Gasteiger partial charge in [0.2, 0.25) is 5.91 Å². The van der Waals surface area contributed by atoms with Crippen LogP contribution in [0.1, 0.15) is 20.3 Å². The summed E-state index contributed by atoms with van der Waals surface area (Å²) in [4.78, 5) is 22.2. The van der Waals surface area contributed by atoms with Crippen LogP contribution in [-0.4, -0.2) is 65.6 Å². The van der Waals surface area contributed by atoms with Crippen molar-refractivity contribution in [1.82, 2.24) is 14.9 Å². The van der Waals surface area contributed by atoms with Gasteiger partial charge in [-0.15, -0.1) is 0 Å². The highest BCUT2D eigenvalue weighted by atomic mass is 32.2. The second kappa shape index (κ2) is 7.48. The molecule has 0 aliphatic carbocycles. The first-order chi connectivity index (χ1) is 12.3. The Bertz CT molecular complexity index is 910. The molecule has 2 aromatic rings. The summed E-state index contributed by atoms with van der Waals surface area (Å²) in [5.74, 6) is 0.905. The van der Waals surface area contributed by atoms with Crippen LogP contribution in [0.3, 0.4) is 0 Å². The molecule has 1 fully saturated rings. The van der Waals surface area contributed by atoms with Crippen molar-refractivity contribution >= 4 is 38.5 Å². The van der Waals surface area contributed by atoms with Crippen LogP contribution in [0.25, 0.3) is 11.0 Å². The lowest BCUT2D eigenvalue weighted by Crippen LogP contribution is -2.44. The molecule has 1 aromatic carbocycles. The van der Waals surface area contributed by atoms with Crippen LogP contribution in [0.15, 0.2) is 23.4 Å². The van der Waals surface area contributed by atoms with Crippen LogP contribution < -0.4 is 4.74 Å². The van der Waals surface area contributed by atoms with E-state index in [9.17, 15) is 13.2 Å². The minimum Gasteiger partial charge on any atom is -0.497 e. The third kappa shape index (κ3) is 3.98. The number of hydrogen-bond donors (Lipinski definition) is 1. The van der Waals surface area contributed by atoms with Crippen molar-refractivity contribution in [3.63, 3.8) is 0 Å². The first-order valence-electron chi connectivity index (χ1n) is 8.54. The van der Waals surface area contributed by atoms with Gasteiger partial charge in [-0.3, -0.25) is 4.79 Å². The van der Waals surface area contributed by atoms with Gasteiger partial charge in [0.25, 0.3) is 0 Å². The maximum absolute atomic E-state index is 12.8. The SMILES string of the molecule is CCN(C(=O)[C@@H](C)Sc1nc2ccc(OC)cc2[nH]1)[C@H]1CCS(=O)(=O)C1. The van der Waals surface area contributed by atoms with Gasteiger partial charge in [-0.2, -0.15) is 0 Å². The Hall–Kier alpha value is -1.74. The number of carbonyl (C=O) groups excluding carboxylic acids is 1. The summed E-state index contributed by atoms with van der Waals surface area (Å²) in [6.07, 6.45) is 0.518. The second-order valence-corrected chi connectivity index (χ2v) is 9.92. The molecular formula is C17H23N3O4S2. The summed E-state index contributed by atoms with van der Waals surface area (Å²) in [6, 6.07) is 5.34. The predicted octanol–water partition coefficient (Wildman–Crippen LogP) is 2.09. The number of benzene rings is 1. The number of ether oxygens (including phenoxy) is 1. The number of nitrogens with one attached hydrogen (secondary N) is 1. The molecule has 26 heavy (non-hydrogen) atoms. The summed E-state index contributed by atoms with van der Waals surface area (Å²) in [7, 11) is -1.42. The molecule has 2 atom stereocenters. The maximum atomic E-state index is 12.8. The third-order valence-electron chi connectivity index (χ3n) is 4.58. The van der Waals surface area contributed by atoms with E-state index in [1.165, 1.54) is 11.8 Å². The first-order valence-corrected chi connectivity index (χ1v) is 11.2. The molecule has 1 aromatic heterocycles. The monoisotopic (exact) mass is 397 g/mol. The molecule has 1 aliphatic rings. The lowest BCUT2D eigenvalue weighted by atomic mass is 10.2. The highest BCUT2D eigenvalue weighted by Gasteiger charge is 2.35. The van der Waals surface area contributed by atoms with Gasteiger partial charge >= 0.3 is 0 Å². The van der Waals surface area contributed by atoms with Crippen LogP contribution in [0.4, 0.5) is 0 Å². The van der Waals surface area contributed by atoms with E-state index >= 15 is 0 Å². The number of thioether (sulfide) groups is 1. The Kier molecular flexibility index (Phi) is 5.47. The van der Waals surface area contributed by atoms with Gasteiger partial charge in [-0.1, -0.05) is 11.8 Å². The molecule has 1 aliphatic heterocycles. The van der Waals surface area contributed by atoms with E-state index in [-0.39, 0.29) is 28.7 Å². The zero-order chi connectivity index (χ0) is 18.9. The average Bonchev–Trinajstić information content (AvgIpc) is 3.16. The standard InChI is InChI=1S/C17H23N3O4S2/c1-4-20(12-7-8-26(22,23)10-12)16(21)11(2)25-17-18-14-6-5-13(24-3)9-15(14)19-17/h5-6,9,11-12H,4,7-8,10H2,1-3H3,(H,18,19)/t11-,12+/m1/s1. The van der Waals surface area contributed by atoms with Gasteiger partial charge < -0.3 is 14.6 Å². The molecule has 0 spiro atoms. The Morgan fingerprint density at radius 3 is 2.88 bits per heavy atom. The fourth-order valence-corrected chi connectivity index (χ4v) is 5.84. The number of H-pyrrole nitrogens is 1. The van der Waals surface area contributed by atoms with Gasteiger partial charge in [-0.05, 0) is 32.4 Å². The molecule has 0 unspecified atom stereocenters. The van der Waals surface area contributed by atoms with Gasteiger partial charge in [0, 0.05) is 18.7 Å². The molecule has 7 nitrogen and oxygen atoms in total. The molecule has 0 radical (unpaired) electrons. The number of aromatic nitrogens is 2. The van der Waals surface area contributed by atoms with Gasteiger partial charge in [0.15, 0.2) is 15.0 Å². The molecular weight excluding hydrogens is 374 g/mol. The summed E-state index contributed by atoms with van der Waals surface area (Å²) in [5.41, 5.74) is 1.66. The number of rotatable bonds is 6. The van der Waals surface area contributed by atoms with Crippen molar-refractivity contribution in [2.24, 2.45) is 0 Å². The van der Waals surface area contributed by atoms with Crippen molar-refractivity contribution in [3.05, 3.63) is 18.2 Å². The van der Waals surface area contributed by atoms with Crippen LogP contribution in [0.5, 0.6) is 5.75 Å². The Morgan fingerprint density at radius 2 is 2.27 bits per heavy atom. The molecule has 1 amide bonds. The van der Waals surface area contributed by atoms with Gasteiger partial charge in [-0.25, -0.2) is 13.4 Å². The molecule has 1 saturated heterocycles. The van der Waals surface area contributed by atoms with Crippen molar-refractivity contribution in [2.45, 2.75) is 36.7 Å². The fraction of sp³-hybridized carbons (Fsp3) is 0.529. The van der Waals surface area contributed by atoms with E-state index in [0.717, 1.165) is 16.8 Å². The van der Waals surface area contributed by atoms with Crippen molar-refractivity contribution in [2.75, 3.05) is 25.2 Å². The normalized spacial score (nSPS) is 20.2. The zero-order valence-corrected chi connectivity index (χ0v) is 16.7. The number of fused-ring (bicyclic) bond motifs is 1. The quantitative estimate of drug-likeness (QED) is 0.751. The summed E-state index contributed by atoms with van der Waals surface area (Å²) < 4.78 is 28.7. The molecule has 0 bridgehead atoms. The fourth-order valence-electron chi connectivity index (χ4n) is 3.21. The van der Waals surface area contributed by atoms with E-state index in [4.69, 9.17) is 4.74 Å². The number of amides is 1. The van der Waals surface area contributed by atoms with Crippen LogP contribution in [-0.2, 0) is 14.6 Å². The number of imidazole rings is 1. The van der Waals surface area contributed by atoms with Gasteiger partial charge in [0.1, 0.15) is 5.75 Å². The van der Waals surface area contributed by atoms with E-state index in [2.05, 4.69) is 9.97 Å². The maximum Gasteiger partial charge on any atom is 0.236 e. The molecule has 0 saturated carbocycles. The highest BCUT2D eigenvalue weighted by Crippen LogP contribution is 2.28. The minimum absolute atomic E-state index is 0.0577. The van der Waals surface area contributed by atoms with Crippen molar-refractivity contribution in [1.29, 1.82) is 0 Å². The largest absolute Gasteiger partial charge is 0.497 e. The average molecular weight is 398 g/mol. The second-order valence-electron chi connectivity index (χ2n) is 6.37. The Balaban J connectivity index is 1.72. The minimum atomic E-state index is -3.02. The number of methoxy groups -OCH3 is 1. The molecule has 142 valence electrons. The van der Waals surface area contributed by atoms with Crippen LogP contribution >= 0.6 is 11.8 Å². The van der Waals surface area contributed by atoms with E-state index in [0.29, 0.717) is 18.1 Å². The number of sulfone groups is 1.